The highest BCUT2D eigenvalue weighted by Crippen LogP contribution is 2.44. The Kier molecular flexibility index (Phi) is 4.48. The van der Waals surface area contributed by atoms with E-state index >= 15 is 0 Å². The van der Waals surface area contributed by atoms with Crippen molar-refractivity contribution in [2.24, 2.45) is 27.7 Å². The van der Waals surface area contributed by atoms with E-state index in [4.69, 9.17) is 10.9 Å². The summed E-state index contributed by atoms with van der Waals surface area (Å²) in [5.74, 6) is -7.06. The molecule has 2 amide bonds. The fourth-order valence-corrected chi connectivity index (χ4v) is 3.59. The molecule has 11 nitrogen and oxygen atoms in total. The zero-order valence-electron chi connectivity index (χ0n) is 12.2. The van der Waals surface area contributed by atoms with E-state index in [1.807, 2.05) is 5.32 Å². The summed E-state index contributed by atoms with van der Waals surface area (Å²) < 4.78 is 22.0. The predicted octanol–water partition coefficient (Wildman–Crippen LogP) is -4.67. The van der Waals surface area contributed by atoms with Gasteiger partial charge in [-0.1, -0.05) is 0 Å². The minimum absolute atomic E-state index is 0.00892. The summed E-state index contributed by atoms with van der Waals surface area (Å²) in [7, 11) is -4.21. The molecule has 132 valence electrons. The van der Waals surface area contributed by atoms with Gasteiger partial charge in [0.1, 0.15) is 11.3 Å². The summed E-state index contributed by atoms with van der Waals surface area (Å²) in [5, 5.41) is 28.7. The molecule has 1 fully saturated rings. The molecule has 1 aliphatic carbocycles. The Morgan fingerprint density at radius 2 is 2.08 bits per heavy atom. The van der Waals surface area contributed by atoms with E-state index in [9.17, 15) is 33.0 Å². The number of carboxylic acid groups (broad SMARTS) is 1. The van der Waals surface area contributed by atoms with Crippen molar-refractivity contribution >= 4 is 34.0 Å². The molecule has 1 aliphatic heterocycles. The minimum atomic E-state index is -4.21. The molecular weight excluding hydrogens is 344 g/mol. The van der Waals surface area contributed by atoms with Crippen molar-refractivity contribution in [2.75, 3.05) is 5.75 Å². The molecule has 1 saturated carbocycles. The number of hydrogen-bond donors (Lipinski definition) is 4. The molecule has 24 heavy (non-hydrogen) atoms. The number of amides is 2. The Morgan fingerprint density at radius 3 is 2.58 bits per heavy atom. The zero-order valence-corrected chi connectivity index (χ0v) is 13.0. The number of carboxylic acids is 1. The maximum absolute atomic E-state index is 11.8. The summed E-state index contributed by atoms with van der Waals surface area (Å²) in [4.78, 5) is 38.7. The number of nitrogens with zero attached hydrogens (tertiary/aromatic N) is 1. The smallest absolute Gasteiger partial charge is 0.246 e. The van der Waals surface area contributed by atoms with Crippen molar-refractivity contribution in [3.05, 3.63) is 11.8 Å². The molecule has 0 radical (unpaired) electrons. The van der Waals surface area contributed by atoms with Crippen molar-refractivity contribution in [1.29, 1.82) is 0 Å². The molecule has 0 aromatic carbocycles. The van der Waals surface area contributed by atoms with Gasteiger partial charge >= 0.3 is 0 Å². The third-order valence-corrected chi connectivity index (χ3v) is 4.79. The Bertz CT molecular complexity index is 759. The van der Waals surface area contributed by atoms with Gasteiger partial charge < -0.3 is 26.1 Å². The second-order valence-electron chi connectivity index (χ2n) is 5.64. The SMILES string of the molecule is NC(=O)C1=CN=C[C@@H]2[C@H]1C[C@H](O)[C@@]2(NC(=O)CS(N)(=O)=O)C(=O)[O-]. The van der Waals surface area contributed by atoms with Crippen LogP contribution in [0, 0.1) is 11.8 Å². The first-order chi connectivity index (χ1) is 11.0. The number of nitrogens with one attached hydrogen (secondary N) is 1. The van der Waals surface area contributed by atoms with Crippen molar-refractivity contribution in [3.63, 3.8) is 0 Å². The van der Waals surface area contributed by atoms with Crippen molar-refractivity contribution in [3.8, 4) is 0 Å². The number of nitrogens with two attached hydrogens (primary N) is 2. The standard InChI is InChI=1S/C12H16N4O7S/c13-10(19)6-2-15-3-7-5(6)1-8(17)12(7,11(20)21)16-9(18)4-24(14,22)23/h2-3,5,7-8,17H,1,4H2,(H2,13,19)(H,16,18)(H,20,21)(H2,14,22,23)/p-1/t5-,7+,8-,12+/m0/s1. The molecule has 0 saturated heterocycles. The van der Waals surface area contributed by atoms with Crippen LogP contribution in [-0.4, -0.2) is 54.9 Å². The minimum Gasteiger partial charge on any atom is -0.547 e. The number of hydrogen-bond acceptors (Lipinski definition) is 8. The molecule has 12 heteroatoms. The van der Waals surface area contributed by atoms with Crippen LogP contribution >= 0.6 is 0 Å². The van der Waals surface area contributed by atoms with E-state index in [0.717, 1.165) is 12.4 Å². The number of aliphatic hydroxyl groups is 1. The van der Waals surface area contributed by atoms with Crippen molar-refractivity contribution < 1.29 is 33.0 Å². The number of aliphatic carboxylic acids is 1. The molecule has 1 heterocycles. The average Bonchev–Trinajstić information content (AvgIpc) is 2.69. The number of primary sulfonamides is 1. The largest absolute Gasteiger partial charge is 0.547 e. The third-order valence-electron chi connectivity index (χ3n) is 4.12. The second-order valence-corrected chi connectivity index (χ2v) is 7.26. The number of primary amides is 1. The quantitative estimate of drug-likeness (QED) is 0.377. The zero-order chi connectivity index (χ0) is 18.3. The summed E-state index contributed by atoms with van der Waals surface area (Å²) >= 11 is 0. The van der Waals surface area contributed by atoms with Crippen LogP contribution in [0.5, 0.6) is 0 Å². The average molecular weight is 359 g/mol. The van der Waals surface area contributed by atoms with Crippen LogP contribution in [0.4, 0.5) is 0 Å². The van der Waals surface area contributed by atoms with E-state index in [1.54, 1.807) is 0 Å². The summed E-state index contributed by atoms with van der Waals surface area (Å²) in [5.41, 5.74) is 2.84. The van der Waals surface area contributed by atoms with Gasteiger partial charge in [-0.15, -0.1) is 0 Å². The van der Waals surface area contributed by atoms with Crippen LogP contribution in [0.15, 0.2) is 16.8 Å². The van der Waals surface area contributed by atoms with Gasteiger partial charge in [0.25, 0.3) is 0 Å². The van der Waals surface area contributed by atoms with Gasteiger partial charge in [-0.05, 0) is 6.42 Å². The van der Waals surface area contributed by atoms with Crippen LogP contribution in [0.3, 0.4) is 0 Å². The summed E-state index contributed by atoms with van der Waals surface area (Å²) in [6, 6.07) is 0. The summed E-state index contributed by atoms with van der Waals surface area (Å²) in [6.45, 7) is 0. The maximum atomic E-state index is 11.8. The molecule has 4 atom stereocenters. The first kappa shape index (κ1) is 18.0. The molecule has 0 bridgehead atoms. The van der Waals surface area contributed by atoms with Crippen LogP contribution in [0.25, 0.3) is 0 Å². The molecule has 6 N–H and O–H groups in total. The first-order valence-electron chi connectivity index (χ1n) is 6.73. The number of carbonyl (C=O) groups is 3. The van der Waals surface area contributed by atoms with Crippen molar-refractivity contribution in [1.82, 2.24) is 5.32 Å². The lowest BCUT2D eigenvalue weighted by atomic mass is 9.79. The fourth-order valence-electron chi connectivity index (χ4n) is 3.15. The lowest BCUT2D eigenvalue weighted by Gasteiger charge is -2.39. The van der Waals surface area contributed by atoms with Crippen LogP contribution in [-0.2, 0) is 24.4 Å². The molecular formula is C12H15N4O7S-. The van der Waals surface area contributed by atoms with Gasteiger partial charge in [0, 0.05) is 29.8 Å². The first-order valence-corrected chi connectivity index (χ1v) is 8.44. The van der Waals surface area contributed by atoms with Gasteiger partial charge in [-0.3, -0.25) is 14.6 Å². The second kappa shape index (κ2) is 5.96. The molecule has 0 aromatic rings. The van der Waals surface area contributed by atoms with Gasteiger partial charge in [0.15, 0.2) is 0 Å². The van der Waals surface area contributed by atoms with Gasteiger partial charge in [0.2, 0.25) is 21.8 Å². The normalized spacial score (nSPS) is 31.9. The molecule has 2 aliphatic rings. The van der Waals surface area contributed by atoms with Gasteiger partial charge in [-0.25, -0.2) is 13.6 Å². The number of sulfonamides is 1. The molecule has 0 unspecified atom stereocenters. The predicted molar refractivity (Wildman–Crippen MR) is 77.2 cm³/mol. The van der Waals surface area contributed by atoms with E-state index in [-0.39, 0.29) is 12.0 Å². The van der Waals surface area contributed by atoms with Crippen LogP contribution in [0.2, 0.25) is 0 Å². The fraction of sp³-hybridized carbons (Fsp3) is 0.500. The number of aliphatic imine (C=N–C) groups is 1. The lowest BCUT2D eigenvalue weighted by molar-refractivity contribution is -0.317. The Morgan fingerprint density at radius 1 is 1.46 bits per heavy atom. The highest BCUT2D eigenvalue weighted by atomic mass is 32.2. The lowest BCUT2D eigenvalue weighted by Crippen LogP contribution is -2.69. The number of carbonyl (C=O) groups excluding carboxylic acids is 3. The van der Waals surface area contributed by atoms with Crippen molar-refractivity contribution in [2.45, 2.75) is 18.1 Å². The van der Waals surface area contributed by atoms with Gasteiger partial charge in [0.05, 0.1) is 12.1 Å². The third kappa shape index (κ3) is 3.02. The van der Waals surface area contributed by atoms with Gasteiger partial charge in [-0.2, -0.15) is 0 Å². The number of fused-ring (bicyclic) bond motifs is 1. The van der Waals surface area contributed by atoms with E-state index in [0.29, 0.717) is 0 Å². The molecule has 0 aromatic heterocycles. The highest BCUT2D eigenvalue weighted by Gasteiger charge is 2.58. The molecule has 2 rings (SSSR count). The Hall–Kier alpha value is -2.31. The Labute approximate surface area is 136 Å². The van der Waals surface area contributed by atoms with Crippen LogP contribution < -0.4 is 21.3 Å². The van der Waals surface area contributed by atoms with E-state index < -0.39 is 57.0 Å². The Balaban J connectivity index is 2.41. The van der Waals surface area contributed by atoms with Crippen LogP contribution in [0.1, 0.15) is 6.42 Å². The number of rotatable bonds is 5. The highest BCUT2D eigenvalue weighted by molar-refractivity contribution is 7.89. The van der Waals surface area contributed by atoms with E-state index in [2.05, 4.69) is 4.99 Å². The van der Waals surface area contributed by atoms with E-state index in [1.165, 1.54) is 0 Å². The number of aliphatic hydroxyl groups excluding tert-OH is 1. The maximum Gasteiger partial charge on any atom is 0.246 e. The monoisotopic (exact) mass is 359 g/mol. The topological polar surface area (TPSA) is 205 Å². The molecule has 0 spiro atoms. The summed E-state index contributed by atoms with van der Waals surface area (Å²) in [6.07, 6.45) is 0.414.